The van der Waals surface area contributed by atoms with E-state index in [-0.39, 0.29) is 31.1 Å². The number of carbonyl (C=O) groups excluding carboxylic acids is 3. The second-order valence-electron chi connectivity index (χ2n) is 18.9. The first-order chi connectivity index (χ1) is 27.6. The number of hydrogen-bond acceptors (Lipinski definition) is 6. The molecule has 0 spiro atoms. The molecule has 6 heteroatoms. The van der Waals surface area contributed by atoms with Gasteiger partial charge in [-0.3, -0.25) is 14.4 Å². The highest BCUT2D eigenvalue weighted by Crippen LogP contribution is 2.17. The van der Waals surface area contributed by atoms with Crippen LogP contribution in [-0.2, 0) is 28.6 Å². The monoisotopic (exact) mass is 807 g/mol. The topological polar surface area (TPSA) is 78.9 Å². The molecular weight excluding hydrogens is 709 g/mol. The SMILES string of the molecule is CC(C)CCCCCCCCCCCCCCCCCCC(=O)OC[C@H](COC(=O)CCCCCCCCCCC(C)C)OC(=O)CCCCCCCCC(C)C. The number of rotatable bonds is 44. The molecular formula is C51H98O6. The van der Waals surface area contributed by atoms with Crippen LogP contribution in [0.2, 0.25) is 0 Å². The summed E-state index contributed by atoms with van der Waals surface area (Å²) in [6.07, 6.45) is 41.1. The molecule has 0 aliphatic heterocycles. The lowest BCUT2D eigenvalue weighted by Crippen LogP contribution is -2.30. The molecule has 0 heterocycles. The molecule has 0 rings (SSSR count). The number of ether oxygens (including phenoxy) is 3. The summed E-state index contributed by atoms with van der Waals surface area (Å²) in [4.78, 5) is 37.8. The molecule has 57 heavy (non-hydrogen) atoms. The van der Waals surface area contributed by atoms with E-state index in [1.165, 1.54) is 154 Å². The van der Waals surface area contributed by atoms with E-state index in [4.69, 9.17) is 14.2 Å². The van der Waals surface area contributed by atoms with Crippen LogP contribution in [0.15, 0.2) is 0 Å². The van der Waals surface area contributed by atoms with E-state index >= 15 is 0 Å². The van der Waals surface area contributed by atoms with Gasteiger partial charge >= 0.3 is 17.9 Å². The first-order valence-corrected chi connectivity index (χ1v) is 25.1. The second kappa shape index (κ2) is 42.5. The van der Waals surface area contributed by atoms with Crippen molar-refractivity contribution in [2.75, 3.05) is 13.2 Å². The van der Waals surface area contributed by atoms with Gasteiger partial charge in [-0.1, -0.05) is 234 Å². The van der Waals surface area contributed by atoms with E-state index in [2.05, 4.69) is 41.5 Å². The number of unbranched alkanes of at least 4 members (excludes halogenated alkanes) is 27. The van der Waals surface area contributed by atoms with Gasteiger partial charge in [-0.15, -0.1) is 0 Å². The summed E-state index contributed by atoms with van der Waals surface area (Å²) in [5.74, 6) is 1.55. The van der Waals surface area contributed by atoms with Crippen LogP contribution >= 0.6 is 0 Å². The van der Waals surface area contributed by atoms with Crippen molar-refractivity contribution in [2.45, 2.75) is 279 Å². The Bertz CT molecular complexity index is 883. The van der Waals surface area contributed by atoms with Crippen LogP contribution in [-0.4, -0.2) is 37.2 Å². The lowest BCUT2D eigenvalue weighted by Gasteiger charge is -2.18. The molecule has 0 N–H and O–H groups in total. The molecule has 0 bridgehead atoms. The van der Waals surface area contributed by atoms with Gasteiger partial charge in [0.15, 0.2) is 6.10 Å². The van der Waals surface area contributed by atoms with E-state index in [9.17, 15) is 14.4 Å². The van der Waals surface area contributed by atoms with Crippen molar-refractivity contribution in [3.63, 3.8) is 0 Å². The van der Waals surface area contributed by atoms with Gasteiger partial charge in [0.25, 0.3) is 0 Å². The predicted octanol–water partition coefficient (Wildman–Crippen LogP) is 16.0. The van der Waals surface area contributed by atoms with Crippen molar-refractivity contribution in [3.05, 3.63) is 0 Å². The maximum Gasteiger partial charge on any atom is 0.306 e. The first-order valence-electron chi connectivity index (χ1n) is 25.1. The minimum absolute atomic E-state index is 0.0662. The van der Waals surface area contributed by atoms with Gasteiger partial charge in [-0.2, -0.15) is 0 Å². The molecule has 0 radical (unpaired) electrons. The fourth-order valence-electron chi connectivity index (χ4n) is 7.59. The van der Waals surface area contributed by atoms with Crippen molar-refractivity contribution in [3.8, 4) is 0 Å². The molecule has 0 amide bonds. The number of hydrogen-bond donors (Lipinski definition) is 0. The molecule has 0 fully saturated rings. The maximum absolute atomic E-state index is 12.7. The maximum atomic E-state index is 12.7. The quantitative estimate of drug-likeness (QED) is 0.0347. The van der Waals surface area contributed by atoms with Gasteiger partial charge < -0.3 is 14.2 Å². The van der Waals surface area contributed by atoms with Crippen LogP contribution in [0.1, 0.15) is 273 Å². The zero-order chi connectivity index (χ0) is 42.0. The predicted molar refractivity (Wildman–Crippen MR) is 243 cm³/mol. The highest BCUT2D eigenvalue weighted by atomic mass is 16.6. The normalized spacial score (nSPS) is 12.2. The van der Waals surface area contributed by atoms with E-state index in [1.807, 2.05) is 0 Å². The Morgan fingerprint density at radius 3 is 0.754 bits per heavy atom. The fourth-order valence-corrected chi connectivity index (χ4v) is 7.59. The average Bonchev–Trinajstić information content (AvgIpc) is 3.16. The van der Waals surface area contributed by atoms with Crippen molar-refractivity contribution >= 4 is 17.9 Å². The van der Waals surface area contributed by atoms with E-state index in [0.717, 1.165) is 75.5 Å². The van der Waals surface area contributed by atoms with Gasteiger partial charge in [0.1, 0.15) is 13.2 Å². The van der Waals surface area contributed by atoms with Gasteiger partial charge in [-0.05, 0) is 37.0 Å². The average molecular weight is 807 g/mol. The summed E-state index contributed by atoms with van der Waals surface area (Å²) in [5, 5.41) is 0. The number of esters is 3. The number of carbonyl (C=O) groups is 3. The molecule has 0 unspecified atom stereocenters. The Morgan fingerprint density at radius 2 is 0.509 bits per heavy atom. The Hall–Kier alpha value is -1.59. The lowest BCUT2D eigenvalue weighted by molar-refractivity contribution is -0.167. The van der Waals surface area contributed by atoms with Gasteiger partial charge in [0, 0.05) is 19.3 Å². The van der Waals surface area contributed by atoms with Crippen LogP contribution in [0.5, 0.6) is 0 Å². The molecule has 1 atom stereocenters. The summed E-state index contributed by atoms with van der Waals surface area (Å²) in [5.41, 5.74) is 0. The standard InChI is InChI=1S/C51H98O6/c1-45(2)37-31-25-19-15-13-11-9-7-8-10-12-14-16-21-28-34-40-49(52)55-43-48(57-51(54)42-36-30-24-23-27-33-39-47(5)6)44-56-50(53)41-35-29-22-18-17-20-26-32-38-46(3)4/h45-48H,7-44H2,1-6H3/t48-/m1/s1. The van der Waals surface area contributed by atoms with Crippen molar-refractivity contribution in [1.82, 2.24) is 0 Å². The Balaban J connectivity index is 4.20. The molecule has 0 saturated heterocycles. The Labute approximate surface area is 355 Å². The second-order valence-corrected chi connectivity index (χ2v) is 18.9. The summed E-state index contributed by atoms with van der Waals surface area (Å²) >= 11 is 0. The molecule has 338 valence electrons. The Kier molecular flexibility index (Phi) is 41.3. The zero-order valence-electron chi connectivity index (χ0n) is 39.1. The summed E-state index contributed by atoms with van der Waals surface area (Å²) < 4.78 is 16.7. The molecule has 0 aliphatic carbocycles. The van der Waals surface area contributed by atoms with E-state index in [1.54, 1.807) is 0 Å². The lowest BCUT2D eigenvalue weighted by atomic mass is 10.0. The van der Waals surface area contributed by atoms with Gasteiger partial charge in [-0.25, -0.2) is 0 Å². The van der Waals surface area contributed by atoms with Crippen molar-refractivity contribution in [2.24, 2.45) is 17.8 Å². The largest absolute Gasteiger partial charge is 0.462 e. The van der Waals surface area contributed by atoms with Gasteiger partial charge in [0.05, 0.1) is 0 Å². The highest BCUT2D eigenvalue weighted by molar-refractivity contribution is 5.71. The molecule has 0 aromatic rings. The summed E-state index contributed by atoms with van der Waals surface area (Å²) in [6, 6.07) is 0. The van der Waals surface area contributed by atoms with E-state index < -0.39 is 6.10 Å². The molecule has 0 aromatic heterocycles. The van der Waals surface area contributed by atoms with Gasteiger partial charge in [0.2, 0.25) is 0 Å². The molecule has 0 aromatic carbocycles. The van der Waals surface area contributed by atoms with Crippen LogP contribution in [0, 0.1) is 17.8 Å². The third-order valence-electron chi connectivity index (χ3n) is 11.4. The smallest absolute Gasteiger partial charge is 0.306 e. The minimum atomic E-state index is -0.762. The third kappa shape index (κ3) is 45.3. The molecule has 6 nitrogen and oxygen atoms in total. The summed E-state index contributed by atoms with van der Waals surface area (Å²) in [6.45, 7) is 13.6. The van der Waals surface area contributed by atoms with Crippen LogP contribution in [0.4, 0.5) is 0 Å². The summed E-state index contributed by atoms with van der Waals surface area (Å²) in [7, 11) is 0. The minimum Gasteiger partial charge on any atom is -0.462 e. The van der Waals surface area contributed by atoms with Crippen LogP contribution in [0.25, 0.3) is 0 Å². The van der Waals surface area contributed by atoms with Crippen molar-refractivity contribution in [1.29, 1.82) is 0 Å². The van der Waals surface area contributed by atoms with E-state index in [0.29, 0.717) is 19.3 Å². The zero-order valence-corrected chi connectivity index (χ0v) is 39.1. The van der Waals surface area contributed by atoms with Crippen LogP contribution < -0.4 is 0 Å². The van der Waals surface area contributed by atoms with Crippen molar-refractivity contribution < 1.29 is 28.6 Å². The van der Waals surface area contributed by atoms with Crippen LogP contribution in [0.3, 0.4) is 0 Å². The third-order valence-corrected chi connectivity index (χ3v) is 11.4. The molecule has 0 aliphatic rings. The molecule has 0 saturated carbocycles. The fraction of sp³-hybridized carbons (Fsp3) is 0.941. The highest BCUT2D eigenvalue weighted by Gasteiger charge is 2.19. The first kappa shape index (κ1) is 55.4. The Morgan fingerprint density at radius 1 is 0.298 bits per heavy atom.